The average molecular weight is 463 g/mol. The first-order valence-electron chi connectivity index (χ1n) is 11.6. The van der Waals surface area contributed by atoms with E-state index in [0.717, 1.165) is 42.9 Å². The predicted octanol–water partition coefficient (Wildman–Crippen LogP) is 4.59. The second-order valence-corrected chi connectivity index (χ2v) is 8.54. The molecule has 0 unspecified atom stereocenters. The number of nitrogens with zero attached hydrogens (tertiary/aromatic N) is 4. The normalized spacial score (nSPS) is 14.2. The van der Waals surface area contributed by atoms with Crippen LogP contribution in [0.3, 0.4) is 0 Å². The van der Waals surface area contributed by atoms with Crippen LogP contribution in [0.15, 0.2) is 60.8 Å². The standard InChI is InChI=1S/C27H31FN4O2/c1-4-27(33)32(19-20-5-8-23(9-6-20)31-15-13-30(2)14-16-31)26-17-21(11-12-29-26)24-10-7-22(28)18-25(24)34-3/h5-12,17-18H,4,13-16,19H2,1-3H3. The summed E-state index contributed by atoms with van der Waals surface area (Å²) in [5.41, 5.74) is 3.79. The molecule has 0 radical (unpaired) electrons. The van der Waals surface area contributed by atoms with Crippen LogP contribution in [0.2, 0.25) is 0 Å². The first-order valence-corrected chi connectivity index (χ1v) is 11.6. The van der Waals surface area contributed by atoms with E-state index in [1.807, 2.05) is 19.1 Å². The molecule has 0 atom stereocenters. The first-order chi connectivity index (χ1) is 16.5. The summed E-state index contributed by atoms with van der Waals surface area (Å²) >= 11 is 0. The molecule has 1 aliphatic heterocycles. The molecule has 3 aromatic rings. The van der Waals surface area contributed by atoms with Gasteiger partial charge in [-0.15, -0.1) is 0 Å². The minimum absolute atomic E-state index is 0.0149. The van der Waals surface area contributed by atoms with Crippen LogP contribution < -0.4 is 14.5 Å². The van der Waals surface area contributed by atoms with Crippen molar-refractivity contribution in [2.75, 3.05) is 50.1 Å². The predicted molar refractivity (Wildman–Crippen MR) is 134 cm³/mol. The number of hydrogen-bond acceptors (Lipinski definition) is 5. The fourth-order valence-corrected chi connectivity index (χ4v) is 4.18. The lowest BCUT2D eigenvalue weighted by molar-refractivity contribution is -0.118. The highest BCUT2D eigenvalue weighted by Gasteiger charge is 2.19. The van der Waals surface area contributed by atoms with Gasteiger partial charge in [0.05, 0.1) is 13.7 Å². The van der Waals surface area contributed by atoms with Crippen LogP contribution in [0, 0.1) is 5.82 Å². The van der Waals surface area contributed by atoms with Crippen molar-refractivity contribution in [2.45, 2.75) is 19.9 Å². The number of methoxy groups -OCH3 is 1. The van der Waals surface area contributed by atoms with Crippen molar-refractivity contribution in [2.24, 2.45) is 0 Å². The van der Waals surface area contributed by atoms with Gasteiger partial charge in [0.25, 0.3) is 0 Å². The highest BCUT2D eigenvalue weighted by Crippen LogP contribution is 2.32. The Hall–Kier alpha value is -3.45. The van der Waals surface area contributed by atoms with Crippen LogP contribution in [0.4, 0.5) is 15.9 Å². The molecule has 2 aromatic carbocycles. The van der Waals surface area contributed by atoms with Gasteiger partial charge in [-0.1, -0.05) is 19.1 Å². The lowest BCUT2D eigenvalue weighted by atomic mass is 10.1. The fourth-order valence-electron chi connectivity index (χ4n) is 4.18. The summed E-state index contributed by atoms with van der Waals surface area (Å²) in [4.78, 5) is 23.8. The molecule has 1 fully saturated rings. The Morgan fingerprint density at radius 1 is 1.06 bits per heavy atom. The quantitative estimate of drug-likeness (QED) is 0.514. The summed E-state index contributed by atoms with van der Waals surface area (Å²) in [6.45, 7) is 6.41. The number of halogens is 1. The number of amides is 1. The summed E-state index contributed by atoms with van der Waals surface area (Å²) in [5, 5.41) is 0. The van der Waals surface area contributed by atoms with Crippen LogP contribution in [0.5, 0.6) is 5.75 Å². The average Bonchev–Trinajstić information content (AvgIpc) is 2.87. The van der Waals surface area contributed by atoms with Gasteiger partial charge in [-0.05, 0) is 54.6 Å². The van der Waals surface area contributed by atoms with Gasteiger partial charge in [-0.2, -0.15) is 0 Å². The zero-order valence-corrected chi connectivity index (χ0v) is 20.0. The van der Waals surface area contributed by atoms with E-state index >= 15 is 0 Å². The molecule has 0 bridgehead atoms. The van der Waals surface area contributed by atoms with Gasteiger partial charge in [-0.3, -0.25) is 9.69 Å². The van der Waals surface area contributed by atoms with E-state index in [1.165, 1.54) is 24.9 Å². The zero-order valence-electron chi connectivity index (χ0n) is 20.0. The van der Waals surface area contributed by atoms with Crippen LogP contribution in [0.25, 0.3) is 11.1 Å². The Kier molecular flexibility index (Phi) is 7.43. The Morgan fingerprint density at radius 3 is 2.47 bits per heavy atom. The van der Waals surface area contributed by atoms with Crippen molar-refractivity contribution in [1.29, 1.82) is 0 Å². The third-order valence-corrected chi connectivity index (χ3v) is 6.25. The lowest BCUT2D eigenvalue weighted by Gasteiger charge is -2.34. The number of hydrogen-bond donors (Lipinski definition) is 0. The number of pyridine rings is 1. The number of aromatic nitrogens is 1. The van der Waals surface area contributed by atoms with Gasteiger partial charge < -0.3 is 14.5 Å². The lowest BCUT2D eigenvalue weighted by Crippen LogP contribution is -2.44. The molecule has 0 aliphatic carbocycles. The molecule has 1 aliphatic rings. The maximum Gasteiger partial charge on any atom is 0.228 e. The number of anilines is 2. The molecule has 34 heavy (non-hydrogen) atoms. The second-order valence-electron chi connectivity index (χ2n) is 8.54. The molecule has 0 saturated carbocycles. The van der Waals surface area contributed by atoms with Crippen molar-refractivity contribution in [3.05, 3.63) is 72.2 Å². The molecule has 1 amide bonds. The molecular weight excluding hydrogens is 431 g/mol. The van der Waals surface area contributed by atoms with E-state index in [0.29, 0.717) is 24.5 Å². The Labute approximate surface area is 200 Å². The molecule has 178 valence electrons. The van der Waals surface area contributed by atoms with E-state index in [4.69, 9.17) is 4.74 Å². The summed E-state index contributed by atoms with van der Waals surface area (Å²) in [7, 11) is 3.66. The Morgan fingerprint density at radius 2 is 1.79 bits per heavy atom. The number of carbonyl (C=O) groups is 1. The highest BCUT2D eigenvalue weighted by molar-refractivity contribution is 5.92. The maximum atomic E-state index is 13.7. The minimum Gasteiger partial charge on any atom is -0.496 e. The van der Waals surface area contributed by atoms with Crippen LogP contribution >= 0.6 is 0 Å². The topological polar surface area (TPSA) is 48.9 Å². The molecule has 0 spiro atoms. The zero-order chi connectivity index (χ0) is 24.1. The number of piperazine rings is 1. The van der Waals surface area contributed by atoms with Gasteiger partial charge >= 0.3 is 0 Å². The van der Waals surface area contributed by atoms with Crippen LogP contribution in [-0.4, -0.2) is 56.1 Å². The molecule has 2 heterocycles. The van der Waals surface area contributed by atoms with Crippen molar-refractivity contribution < 1.29 is 13.9 Å². The van der Waals surface area contributed by atoms with Crippen molar-refractivity contribution in [3.63, 3.8) is 0 Å². The third-order valence-electron chi connectivity index (χ3n) is 6.25. The number of benzene rings is 2. The van der Waals surface area contributed by atoms with Crippen LogP contribution in [-0.2, 0) is 11.3 Å². The molecule has 6 nitrogen and oxygen atoms in total. The monoisotopic (exact) mass is 462 g/mol. The third kappa shape index (κ3) is 5.37. The molecule has 1 aromatic heterocycles. The Bertz CT molecular complexity index is 1130. The van der Waals surface area contributed by atoms with Gasteiger partial charge in [-0.25, -0.2) is 9.37 Å². The van der Waals surface area contributed by atoms with Gasteiger partial charge in [0.2, 0.25) is 5.91 Å². The van der Waals surface area contributed by atoms with E-state index in [9.17, 15) is 9.18 Å². The van der Waals surface area contributed by atoms with Crippen LogP contribution in [0.1, 0.15) is 18.9 Å². The minimum atomic E-state index is -0.363. The maximum absolute atomic E-state index is 13.7. The molecule has 7 heteroatoms. The highest BCUT2D eigenvalue weighted by atomic mass is 19.1. The summed E-state index contributed by atoms with van der Waals surface area (Å²) in [6, 6.07) is 16.5. The molecule has 0 N–H and O–H groups in total. The number of carbonyl (C=O) groups excluding carboxylic acids is 1. The molecular formula is C27H31FN4O2. The fraction of sp³-hybridized carbons (Fsp3) is 0.333. The molecule has 4 rings (SSSR count). The second kappa shape index (κ2) is 10.7. The number of rotatable bonds is 7. The van der Waals surface area contributed by atoms with Crippen molar-refractivity contribution in [3.8, 4) is 16.9 Å². The summed E-state index contributed by atoms with van der Waals surface area (Å²) in [6.07, 6.45) is 2.03. The van der Waals surface area contributed by atoms with Crippen molar-refractivity contribution in [1.82, 2.24) is 9.88 Å². The number of likely N-dealkylation sites (N-methyl/N-ethyl adjacent to an activating group) is 1. The smallest absolute Gasteiger partial charge is 0.228 e. The van der Waals surface area contributed by atoms with E-state index in [-0.39, 0.29) is 11.7 Å². The van der Waals surface area contributed by atoms with Gasteiger partial charge in [0.1, 0.15) is 17.4 Å². The summed E-state index contributed by atoms with van der Waals surface area (Å²) in [5.74, 6) is 0.612. The first kappa shape index (κ1) is 23.7. The Balaban J connectivity index is 1.57. The van der Waals surface area contributed by atoms with E-state index in [1.54, 1.807) is 17.2 Å². The van der Waals surface area contributed by atoms with Crippen molar-refractivity contribution >= 4 is 17.4 Å². The van der Waals surface area contributed by atoms with Gasteiger partial charge in [0, 0.05) is 56.1 Å². The van der Waals surface area contributed by atoms with E-state index < -0.39 is 0 Å². The molecule has 1 saturated heterocycles. The van der Waals surface area contributed by atoms with Gasteiger partial charge in [0.15, 0.2) is 0 Å². The van der Waals surface area contributed by atoms with E-state index in [2.05, 4.69) is 46.1 Å². The summed E-state index contributed by atoms with van der Waals surface area (Å²) < 4.78 is 19.0. The largest absolute Gasteiger partial charge is 0.496 e. The number of ether oxygens (including phenoxy) is 1. The SMILES string of the molecule is CCC(=O)N(Cc1ccc(N2CCN(C)CC2)cc1)c1cc(-c2ccc(F)cc2OC)ccn1.